The summed E-state index contributed by atoms with van der Waals surface area (Å²) in [6, 6.07) is 9.06. The number of halogens is 3. The monoisotopic (exact) mass is 326 g/mol. The molecule has 0 aliphatic rings. The Hall–Kier alpha value is -1.30. The molecule has 0 spiro atoms. The average molecular weight is 327 g/mol. The number of hydrogen-bond acceptors (Lipinski definition) is 2. The molecule has 2 aromatic carbocycles. The van der Waals surface area contributed by atoms with E-state index < -0.39 is 17.7 Å². The minimum absolute atomic E-state index is 0.413. The maximum atomic E-state index is 13.3. The normalized spacial score (nSPS) is 12.5. The van der Waals surface area contributed by atoms with Crippen molar-refractivity contribution >= 4 is 15.9 Å². The van der Waals surface area contributed by atoms with E-state index in [4.69, 9.17) is 5.84 Å². The smallest absolute Gasteiger partial charge is 0.159 e. The molecule has 0 amide bonds. The van der Waals surface area contributed by atoms with Gasteiger partial charge in [0.2, 0.25) is 0 Å². The van der Waals surface area contributed by atoms with Gasteiger partial charge >= 0.3 is 0 Å². The molecular weight excluding hydrogens is 314 g/mol. The van der Waals surface area contributed by atoms with Gasteiger partial charge in [-0.05, 0) is 35.7 Å². The van der Waals surface area contributed by atoms with Crippen LogP contribution >= 0.6 is 15.9 Å². The Bertz CT molecular complexity index is 602. The zero-order valence-electron chi connectivity index (χ0n) is 10.3. The molecule has 0 heterocycles. The molecule has 2 rings (SSSR count). The lowest BCUT2D eigenvalue weighted by Gasteiger charge is -2.19. The maximum Gasteiger partial charge on any atom is 0.159 e. The zero-order chi connectivity index (χ0) is 14.0. The van der Waals surface area contributed by atoms with E-state index in [-0.39, 0.29) is 0 Å². The van der Waals surface area contributed by atoms with Crippen LogP contribution in [0.25, 0.3) is 0 Å². The van der Waals surface area contributed by atoms with Gasteiger partial charge in [0, 0.05) is 4.47 Å². The number of rotatable bonds is 3. The SMILES string of the molecule is Cc1cccc(C(NN)c2ccc(F)c(F)c2)c1Br. The second-order valence-corrected chi connectivity index (χ2v) is 5.04. The maximum absolute atomic E-state index is 13.3. The Morgan fingerprint density at radius 2 is 1.89 bits per heavy atom. The second-order valence-electron chi connectivity index (χ2n) is 4.25. The molecule has 0 saturated carbocycles. The molecule has 1 atom stereocenters. The molecule has 0 radical (unpaired) electrons. The van der Waals surface area contributed by atoms with Crippen molar-refractivity contribution in [2.75, 3.05) is 0 Å². The lowest BCUT2D eigenvalue weighted by molar-refractivity contribution is 0.504. The molecule has 0 bridgehead atoms. The van der Waals surface area contributed by atoms with Crippen LogP contribution in [0.2, 0.25) is 0 Å². The molecule has 19 heavy (non-hydrogen) atoms. The fourth-order valence-electron chi connectivity index (χ4n) is 1.95. The van der Waals surface area contributed by atoms with Crippen LogP contribution in [0.1, 0.15) is 22.7 Å². The van der Waals surface area contributed by atoms with Crippen molar-refractivity contribution in [2.45, 2.75) is 13.0 Å². The fraction of sp³-hybridized carbons (Fsp3) is 0.143. The van der Waals surface area contributed by atoms with E-state index in [2.05, 4.69) is 21.4 Å². The lowest BCUT2D eigenvalue weighted by atomic mass is 9.98. The van der Waals surface area contributed by atoms with Crippen molar-refractivity contribution in [1.82, 2.24) is 5.43 Å². The van der Waals surface area contributed by atoms with Gasteiger partial charge < -0.3 is 0 Å². The molecule has 2 nitrogen and oxygen atoms in total. The van der Waals surface area contributed by atoms with Crippen LogP contribution in [0.15, 0.2) is 40.9 Å². The third-order valence-electron chi connectivity index (χ3n) is 2.98. The standard InChI is InChI=1S/C14H13BrF2N2/c1-8-3-2-4-10(13(8)15)14(19-18)9-5-6-11(16)12(17)7-9/h2-7,14,19H,18H2,1H3. The molecule has 0 aromatic heterocycles. The Morgan fingerprint density at radius 3 is 2.53 bits per heavy atom. The van der Waals surface area contributed by atoms with E-state index in [1.54, 1.807) is 0 Å². The highest BCUT2D eigenvalue weighted by molar-refractivity contribution is 9.10. The van der Waals surface area contributed by atoms with E-state index in [9.17, 15) is 8.78 Å². The molecule has 3 N–H and O–H groups in total. The van der Waals surface area contributed by atoms with Crippen LogP contribution in [0.5, 0.6) is 0 Å². The van der Waals surface area contributed by atoms with Gasteiger partial charge in [-0.25, -0.2) is 14.2 Å². The molecular formula is C14H13BrF2N2. The molecule has 1 unspecified atom stereocenters. The summed E-state index contributed by atoms with van der Waals surface area (Å²) < 4.78 is 27.2. The molecule has 100 valence electrons. The minimum Gasteiger partial charge on any atom is -0.271 e. The summed E-state index contributed by atoms with van der Waals surface area (Å²) in [5, 5.41) is 0. The predicted molar refractivity (Wildman–Crippen MR) is 74.4 cm³/mol. The van der Waals surface area contributed by atoms with Crippen LogP contribution in [-0.4, -0.2) is 0 Å². The first-order chi connectivity index (χ1) is 9.04. The first-order valence-corrected chi connectivity index (χ1v) is 6.50. The van der Waals surface area contributed by atoms with Gasteiger partial charge in [0.25, 0.3) is 0 Å². The highest BCUT2D eigenvalue weighted by Gasteiger charge is 2.17. The quantitative estimate of drug-likeness (QED) is 0.668. The summed E-state index contributed by atoms with van der Waals surface area (Å²) >= 11 is 3.49. The van der Waals surface area contributed by atoms with E-state index in [1.807, 2.05) is 25.1 Å². The van der Waals surface area contributed by atoms with Crippen LogP contribution < -0.4 is 11.3 Å². The Balaban J connectivity index is 2.50. The number of nitrogens with one attached hydrogen (secondary N) is 1. The average Bonchev–Trinajstić information content (AvgIpc) is 2.39. The molecule has 5 heteroatoms. The largest absolute Gasteiger partial charge is 0.271 e. The van der Waals surface area contributed by atoms with Gasteiger partial charge in [0.15, 0.2) is 11.6 Å². The molecule has 0 fully saturated rings. The third-order valence-corrected chi connectivity index (χ3v) is 4.06. The molecule has 0 aliphatic heterocycles. The Labute approximate surface area is 118 Å². The van der Waals surface area contributed by atoms with Crippen molar-refractivity contribution in [2.24, 2.45) is 5.84 Å². The number of hydrazine groups is 1. The highest BCUT2D eigenvalue weighted by Crippen LogP contribution is 2.30. The van der Waals surface area contributed by atoms with Crippen LogP contribution in [0, 0.1) is 18.6 Å². The zero-order valence-corrected chi connectivity index (χ0v) is 11.8. The van der Waals surface area contributed by atoms with Crippen molar-refractivity contribution in [3.05, 3.63) is 69.2 Å². The predicted octanol–water partition coefficient (Wildman–Crippen LogP) is 3.59. The fourth-order valence-corrected chi connectivity index (χ4v) is 2.44. The van der Waals surface area contributed by atoms with Gasteiger partial charge in [-0.15, -0.1) is 0 Å². The second kappa shape index (κ2) is 5.77. The van der Waals surface area contributed by atoms with Crippen molar-refractivity contribution in [1.29, 1.82) is 0 Å². The molecule has 0 aliphatic carbocycles. The summed E-state index contributed by atoms with van der Waals surface area (Å²) in [5.74, 6) is 3.80. The highest BCUT2D eigenvalue weighted by atomic mass is 79.9. The van der Waals surface area contributed by atoms with Gasteiger partial charge in [0.05, 0.1) is 6.04 Å². The minimum atomic E-state index is -0.887. The van der Waals surface area contributed by atoms with Crippen molar-refractivity contribution < 1.29 is 8.78 Å². The van der Waals surface area contributed by atoms with E-state index in [0.29, 0.717) is 5.56 Å². The lowest BCUT2D eigenvalue weighted by Crippen LogP contribution is -2.29. The van der Waals surface area contributed by atoms with Crippen LogP contribution in [-0.2, 0) is 0 Å². The van der Waals surface area contributed by atoms with Gasteiger partial charge in [-0.1, -0.05) is 40.2 Å². The summed E-state index contributed by atoms with van der Waals surface area (Å²) in [7, 11) is 0. The summed E-state index contributed by atoms with van der Waals surface area (Å²) in [6.45, 7) is 1.95. The number of nitrogens with two attached hydrogens (primary N) is 1. The van der Waals surface area contributed by atoms with Crippen molar-refractivity contribution in [3.63, 3.8) is 0 Å². The van der Waals surface area contributed by atoms with E-state index >= 15 is 0 Å². The summed E-state index contributed by atoms with van der Waals surface area (Å²) in [5.41, 5.74) is 5.10. The number of aryl methyl sites for hydroxylation is 1. The van der Waals surface area contributed by atoms with E-state index in [0.717, 1.165) is 27.7 Å². The number of benzene rings is 2. The first kappa shape index (κ1) is 14.1. The summed E-state index contributed by atoms with van der Waals surface area (Å²) in [6.07, 6.45) is 0. The Kier molecular flexibility index (Phi) is 4.29. The van der Waals surface area contributed by atoms with E-state index in [1.165, 1.54) is 6.07 Å². The first-order valence-electron chi connectivity index (χ1n) is 5.70. The van der Waals surface area contributed by atoms with Crippen LogP contribution in [0.4, 0.5) is 8.78 Å². The van der Waals surface area contributed by atoms with Gasteiger partial charge in [0.1, 0.15) is 0 Å². The van der Waals surface area contributed by atoms with Gasteiger partial charge in [-0.3, -0.25) is 5.84 Å². The van der Waals surface area contributed by atoms with Crippen LogP contribution in [0.3, 0.4) is 0 Å². The van der Waals surface area contributed by atoms with Crippen molar-refractivity contribution in [3.8, 4) is 0 Å². The van der Waals surface area contributed by atoms with Gasteiger partial charge in [-0.2, -0.15) is 0 Å². The number of hydrogen-bond donors (Lipinski definition) is 2. The Morgan fingerprint density at radius 1 is 1.16 bits per heavy atom. The third kappa shape index (κ3) is 2.83. The topological polar surface area (TPSA) is 38.0 Å². The summed E-state index contributed by atoms with van der Waals surface area (Å²) in [4.78, 5) is 0. The molecule has 0 saturated heterocycles. The molecule has 2 aromatic rings.